The molecule has 4 rings (SSSR count). The lowest BCUT2D eigenvalue weighted by Crippen LogP contribution is -2.59. The van der Waals surface area contributed by atoms with E-state index in [0.717, 1.165) is 16.0 Å². The first kappa shape index (κ1) is 38.2. The molecule has 4 aromatic carbocycles. The average Bonchev–Trinajstić information content (AvgIpc) is 3.15. The molecule has 0 saturated carbocycles. The number of alkyl carbamates (subject to hydrolysis) is 1. The van der Waals surface area contributed by atoms with Crippen LogP contribution in [0.3, 0.4) is 0 Å². The summed E-state index contributed by atoms with van der Waals surface area (Å²) in [5.41, 5.74) is 2.71. The second-order valence-electron chi connectivity index (χ2n) is 12.4. The molecule has 0 aliphatic carbocycles. The zero-order valence-corrected chi connectivity index (χ0v) is 28.9. The van der Waals surface area contributed by atoms with Gasteiger partial charge in [0.05, 0.1) is 6.04 Å². The number of nitrogens with zero attached hydrogens (tertiary/aromatic N) is 1. The average molecular weight is 700 g/mol. The van der Waals surface area contributed by atoms with Gasteiger partial charge in [-0.05, 0) is 47.2 Å². The van der Waals surface area contributed by atoms with Gasteiger partial charge in [0, 0.05) is 19.5 Å². The normalized spacial score (nSPS) is 12.4. The zero-order valence-electron chi connectivity index (χ0n) is 28.9. The number of halogens is 2. The van der Waals surface area contributed by atoms with Crippen LogP contribution in [0.15, 0.2) is 115 Å². The Balaban J connectivity index is 1.53. The van der Waals surface area contributed by atoms with Crippen molar-refractivity contribution in [2.75, 3.05) is 6.54 Å². The van der Waals surface area contributed by atoms with Crippen molar-refractivity contribution in [1.29, 1.82) is 0 Å². The number of amides is 3. The molecule has 4 aromatic rings. The standard InChI is InChI=1S/C40H43F2N3O6/c1-4-45(25-30-14-8-5-9-15-30)38(48)40(41,42)36(46)34(24-29-20-22-33(23-21-29)50-26-31-16-10-6-11-17-31)43-37(47)35(28(2)3)44-39(49)51-27-32-18-12-7-13-19-32/h5-23,28,34-35H,4,24-27H2,1-3H3,(H,43,47)(H,44,49)/t34-,35-/m0/s1. The predicted octanol–water partition coefficient (Wildman–Crippen LogP) is 6.50. The number of Topliss-reactive ketones (excluding diaryl/α,β-unsaturated/α-hetero) is 1. The summed E-state index contributed by atoms with van der Waals surface area (Å²) in [5, 5.41) is 4.90. The Morgan fingerprint density at radius 2 is 1.24 bits per heavy atom. The van der Waals surface area contributed by atoms with Crippen molar-refractivity contribution in [2.24, 2.45) is 5.92 Å². The molecule has 3 amide bonds. The Morgan fingerprint density at radius 1 is 0.706 bits per heavy atom. The molecule has 0 aliphatic heterocycles. The van der Waals surface area contributed by atoms with Crippen molar-refractivity contribution in [2.45, 2.75) is 65.0 Å². The number of carbonyl (C=O) groups excluding carboxylic acids is 4. The summed E-state index contributed by atoms with van der Waals surface area (Å²) in [5.74, 6) is -8.82. The van der Waals surface area contributed by atoms with E-state index in [1.165, 1.54) is 6.92 Å². The van der Waals surface area contributed by atoms with Gasteiger partial charge in [0.2, 0.25) is 11.7 Å². The SMILES string of the molecule is CCN(Cc1ccccc1)C(=O)C(F)(F)C(=O)[C@H](Cc1ccc(OCc2ccccc2)cc1)NC(=O)[C@@H](NC(=O)OCc1ccccc1)C(C)C. The third-order valence-corrected chi connectivity index (χ3v) is 8.14. The Bertz CT molecular complexity index is 1720. The minimum absolute atomic E-state index is 0.0590. The van der Waals surface area contributed by atoms with Crippen LogP contribution in [-0.4, -0.2) is 53.1 Å². The molecular weight excluding hydrogens is 656 g/mol. The summed E-state index contributed by atoms with van der Waals surface area (Å²) in [7, 11) is 0. The predicted molar refractivity (Wildman–Crippen MR) is 189 cm³/mol. The summed E-state index contributed by atoms with van der Waals surface area (Å²) >= 11 is 0. The summed E-state index contributed by atoms with van der Waals surface area (Å²) in [4.78, 5) is 54.1. The van der Waals surface area contributed by atoms with E-state index >= 15 is 8.78 Å². The first-order valence-corrected chi connectivity index (χ1v) is 16.8. The molecule has 51 heavy (non-hydrogen) atoms. The summed E-state index contributed by atoms with van der Waals surface area (Å²) in [6.45, 7) is 4.86. The van der Waals surface area contributed by atoms with Crippen LogP contribution in [0, 0.1) is 5.92 Å². The number of rotatable bonds is 17. The fraction of sp³-hybridized carbons (Fsp3) is 0.300. The van der Waals surface area contributed by atoms with Gasteiger partial charge in [-0.15, -0.1) is 0 Å². The van der Waals surface area contributed by atoms with Gasteiger partial charge in [-0.2, -0.15) is 8.78 Å². The fourth-order valence-corrected chi connectivity index (χ4v) is 5.25. The maximum atomic E-state index is 15.9. The number of ketones is 1. The van der Waals surface area contributed by atoms with Gasteiger partial charge in [-0.25, -0.2) is 4.79 Å². The molecule has 0 unspecified atom stereocenters. The third kappa shape index (κ3) is 11.2. The number of nitrogens with one attached hydrogen (secondary N) is 2. The summed E-state index contributed by atoms with van der Waals surface area (Å²) in [6, 6.07) is 30.4. The Morgan fingerprint density at radius 3 is 1.76 bits per heavy atom. The third-order valence-electron chi connectivity index (χ3n) is 8.14. The van der Waals surface area contributed by atoms with Gasteiger partial charge in [-0.3, -0.25) is 14.4 Å². The van der Waals surface area contributed by atoms with Crippen LogP contribution in [0.2, 0.25) is 0 Å². The molecule has 0 aliphatic rings. The van der Waals surface area contributed by atoms with Gasteiger partial charge in [0.1, 0.15) is 25.0 Å². The van der Waals surface area contributed by atoms with E-state index in [9.17, 15) is 19.2 Å². The second-order valence-corrected chi connectivity index (χ2v) is 12.4. The van der Waals surface area contributed by atoms with Gasteiger partial charge >= 0.3 is 17.9 Å². The van der Waals surface area contributed by atoms with E-state index < -0.39 is 47.6 Å². The molecule has 2 N–H and O–H groups in total. The number of hydrogen-bond acceptors (Lipinski definition) is 6. The van der Waals surface area contributed by atoms with E-state index in [4.69, 9.17) is 9.47 Å². The first-order chi connectivity index (χ1) is 24.5. The van der Waals surface area contributed by atoms with Crippen LogP contribution >= 0.6 is 0 Å². The topological polar surface area (TPSA) is 114 Å². The largest absolute Gasteiger partial charge is 0.489 e. The van der Waals surface area contributed by atoms with Crippen molar-refractivity contribution in [3.05, 3.63) is 138 Å². The highest BCUT2D eigenvalue weighted by atomic mass is 19.3. The van der Waals surface area contributed by atoms with Crippen molar-refractivity contribution >= 4 is 23.7 Å². The van der Waals surface area contributed by atoms with E-state index in [-0.39, 0.29) is 26.1 Å². The number of alkyl halides is 2. The molecule has 0 saturated heterocycles. The van der Waals surface area contributed by atoms with Crippen LogP contribution in [0.25, 0.3) is 0 Å². The Labute approximate surface area is 297 Å². The number of ether oxygens (including phenoxy) is 2. The summed E-state index contributed by atoms with van der Waals surface area (Å²) < 4.78 is 42.9. The number of hydrogen-bond donors (Lipinski definition) is 2. The maximum Gasteiger partial charge on any atom is 0.408 e. The molecule has 11 heteroatoms. The molecule has 0 heterocycles. The highest BCUT2D eigenvalue weighted by Gasteiger charge is 2.52. The van der Waals surface area contributed by atoms with Gasteiger partial charge in [-0.1, -0.05) is 117 Å². The molecule has 0 fully saturated rings. The van der Waals surface area contributed by atoms with E-state index in [1.54, 1.807) is 92.7 Å². The Kier molecular flexibility index (Phi) is 13.8. The second kappa shape index (κ2) is 18.4. The van der Waals surface area contributed by atoms with E-state index in [1.807, 2.05) is 36.4 Å². The van der Waals surface area contributed by atoms with Crippen LogP contribution < -0.4 is 15.4 Å². The fourth-order valence-electron chi connectivity index (χ4n) is 5.25. The monoisotopic (exact) mass is 699 g/mol. The summed E-state index contributed by atoms with van der Waals surface area (Å²) in [6.07, 6.45) is -1.26. The smallest absolute Gasteiger partial charge is 0.408 e. The van der Waals surface area contributed by atoms with Gasteiger partial charge in [0.25, 0.3) is 0 Å². The maximum absolute atomic E-state index is 15.9. The van der Waals surface area contributed by atoms with Crippen LogP contribution in [0.1, 0.15) is 43.0 Å². The molecule has 0 radical (unpaired) electrons. The minimum Gasteiger partial charge on any atom is -0.489 e. The van der Waals surface area contributed by atoms with E-state index in [2.05, 4.69) is 10.6 Å². The molecule has 0 spiro atoms. The van der Waals surface area contributed by atoms with Crippen molar-refractivity contribution in [1.82, 2.24) is 15.5 Å². The molecule has 9 nitrogen and oxygen atoms in total. The van der Waals surface area contributed by atoms with E-state index in [0.29, 0.717) is 23.5 Å². The Hall–Kier alpha value is -5.58. The lowest BCUT2D eigenvalue weighted by atomic mass is 9.96. The zero-order chi connectivity index (χ0) is 36.8. The highest BCUT2D eigenvalue weighted by Crippen LogP contribution is 2.24. The van der Waals surface area contributed by atoms with Crippen molar-refractivity contribution in [3.8, 4) is 5.75 Å². The van der Waals surface area contributed by atoms with Gasteiger partial charge < -0.3 is 25.0 Å². The molecule has 268 valence electrons. The molecule has 0 aromatic heterocycles. The molecule has 2 atom stereocenters. The molecular formula is C40H43F2N3O6. The lowest BCUT2D eigenvalue weighted by molar-refractivity contribution is -0.168. The van der Waals surface area contributed by atoms with Crippen LogP contribution in [0.5, 0.6) is 5.75 Å². The van der Waals surface area contributed by atoms with Gasteiger partial charge in [0.15, 0.2) is 0 Å². The molecule has 0 bridgehead atoms. The minimum atomic E-state index is -4.48. The van der Waals surface area contributed by atoms with Crippen molar-refractivity contribution in [3.63, 3.8) is 0 Å². The highest BCUT2D eigenvalue weighted by molar-refractivity contribution is 6.10. The number of benzene rings is 4. The number of carbonyl (C=O) groups is 4. The van der Waals surface area contributed by atoms with Crippen LogP contribution in [-0.2, 0) is 45.3 Å². The van der Waals surface area contributed by atoms with Crippen LogP contribution in [0.4, 0.5) is 13.6 Å². The first-order valence-electron chi connectivity index (χ1n) is 16.8. The van der Waals surface area contributed by atoms with Crippen molar-refractivity contribution < 1.29 is 37.4 Å². The quantitative estimate of drug-likeness (QED) is 0.122. The lowest BCUT2D eigenvalue weighted by Gasteiger charge is -2.29.